The minimum Gasteiger partial charge on any atom is -0.464 e. The van der Waals surface area contributed by atoms with Crippen molar-refractivity contribution in [1.82, 2.24) is 10.2 Å². The lowest BCUT2D eigenvalue weighted by Gasteiger charge is -2.32. The first-order chi connectivity index (χ1) is 8.65. The van der Waals surface area contributed by atoms with Crippen molar-refractivity contribution in [2.75, 3.05) is 32.8 Å². The molecule has 2 heterocycles. The molecule has 1 N–H and O–H groups in total. The zero-order valence-electron chi connectivity index (χ0n) is 11.6. The highest BCUT2D eigenvalue weighted by atomic mass is 16.5. The molecule has 0 bridgehead atoms. The zero-order chi connectivity index (χ0) is 13.0. The molecule has 1 aliphatic heterocycles. The van der Waals surface area contributed by atoms with Crippen LogP contribution in [0.25, 0.3) is 0 Å². The number of rotatable bonds is 5. The van der Waals surface area contributed by atoms with Crippen LogP contribution in [0, 0.1) is 6.92 Å². The summed E-state index contributed by atoms with van der Waals surface area (Å²) in [7, 11) is 0. The monoisotopic (exact) mass is 252 g/mol. The molecule has 0 saturated carbocycles. The number of aryl methyl sites for hydroxylation is 1. The molecule has 0 unspecified atom stereocenters. The molecule has 1 fully saturated rings. The Morgan fingerprint density at radius 1 is 1.44 bits per heavy atom. The SMILES string of the molecule is Cc1ccc([C@@H]2CN(CCNC(C)C)CCO2)o1. The van der Waals surface area contributed by atoms with Crippen LogP contribution in [0.3, 0.4) is 0 Å². The minimum atomic E-state index is 0.0894. The maximum atomic E-state index is 5.78. The molecular formula is C14H24N2O2. The first-order valence-corrected chi connectivity index (χ1v) is 6.79. The van der Waals surface area contributed by atoms with Gasteiger partial charge in [-0.2, -0.15) is 0 Å². The van der Waals surface area contributed by atoms with E-state index in [1.807, 2.05) is 19.1 Å². The fraction of sp³-hybridized carbons (Fsp3) is 0.714. The molecule has 1 aliphatic rings. The summed E-state index contributed by atoms with van der Waals surface area (Å²) in [5.74, 6) is 1.90. The van der Waals surface area contributed by atoms with E-state index in [0.717, 1.165) is 44.3 Å². The lowest BCUT2D eigenvalue weighted by atomic mass is 10.2. The first-order valence-electron chi connectivity index (χ1n) is 6.79. The number of hydrogen-bond donors (Lipinski definition) is 1. The number of furan rings is 1. The van der Waals surface area contributed by atoms with Crippen LogP contribution >= 0.6 is 0 Å². The van der Waals surface area contributed by atoms with E-state index in [1.54, 1.807) is 0 Å². The minimum absolute atomic E-state index is 0.0894. The maximum Gasteiger partial charge on any atom is 0.134 e. The Morgan fingerprint density at radius 3 is 2.94 bits per heavy atom. The lowest BCUT2D eigenvalue weighted by molar-refractivity contribution is -0.0398. The molecular weight excluding hydrogens is 228 g/mol. The zero-order valence-corrected chi connectivity index (χ0v) is 11.6. The van der Waals surface area contributed by atoms with E-state index in [0.29, 0.717) is 6.04 Å². The van der Waals surface area contributed by atoms with E-state index in [-0.39, 0.29) is 6.10 Å². The smallest absolute Gasteiger partial charge is 0.134 e. The lowest BCUT2D eigenvalue weighted by Crippen LogP contribution is -2.42. The second-order valence-corrected chi connectivity index (χ2v) is 5.22. The van der Waals surface area contributed by atoms with Crippen molar-refractivity contribution in [3.05, 3.63) is 23.7 Å². The van der Waals surface area contributed by atoms with Gasteiger partial charge in [0.2, 0.25) is 0 Å². The predicted octanol–water partition coefficient (Wildman–Crippen LogP) is 1.96. The van der Waals surface area contributed by atoms with Gasteiger partial charge in [0, 0.05) is 32.2 Å². The summed E-state index contributed by atoms with van der Waals surface area (Å²) in [6, 6.07) is 4.57. The van der Waals surface area contributed by atoms with Crippen molar-refractivity contribution in [3.8, 4) is 0 Å². The van der Waals surface area contributed by atoms with Gasteiger partial charge in [0.25, 0.3) is 0 Å². The molecule has 1 aromatic heterocycles. The van der Waals surface area contributed by atoms with Crippen LogP contribution in [-0.2, 0) is 4.74 Å². The van der Waals surface area contributed by atoms with Crippen molar-refractivity contribution in [2.24, 2.45) is 0 Å². The number of ether oxygens (including phenoxy) is 1. The average Bonchev–Trinajstić information content (AvgIpc) is 2.76. The van der Waals surface area contributed by atoms with Gasteiger partial charge in [0.05, 0.1) is 6.61 Å². The third-order valence-electron chi connectivity index (χ3n) is 3.21. The highest BCUT2D eigenvalue weighted by Gasteiger charge is 2.23. The van der Waals surface area contributed by atoms with Crippen molar-refractivity contribution in [2.45, 2.75) is 32.9 Å². The molecule has 0 aliphatic carbocycles. The first kappa shape index (κ1) is 13.6. The largest absolute Gasteiger partial charge is 0.464 e. The Kier molecular flexibility index (Phi) is 4.80. The van der Waals surface area contributed by atoms with Gasteiger partial charge < -0.3 is 14.5 Å². The Bertz CT molecular complexity index is 362. The maximum absolute atomic E-state index is 5.78. The van der Waals surface area contributed by atoms with E-state index in [9.17, 15) is 0 Å². The second-order valence-electron chi connectivity index (χ2n) is 5.22. The van der Waals surface area contributed by atoms with Crippen molar-refractivity contribution in [1.29, 1.82) is 0 Å². The number of nitrogens with zero attached hydrogens (tertiary/aromatic N) is 1. The molecule has 0 spiro atoms. The van der Waals surface area contributed by atoms with E-state index < -0.39 is 0 Å². The van der Waals surface area contributed by atoms with Gasteiger partial charge in [-0.05, 0) is 19.1 Å². The molecule has 0 radical (unpaired) electrons. The fourth-order valence-electron chi connectivity index (χ4n) is 2.22. The Hall–Kier alpha value is -0.840. The molecule has 1 aromatic rings. The summed E-state index contributed by atoms with van der Waals surface area (Å²) < 4.78 is 11.4. The molecule has 4 nitrogen and oxygen atoms in total. The molecule has 4 heteroatoms. The van der Waals surface area contributed by atoms with Gasteiger partial charge in [0.15, 0.2) is 0 Å². The quantitative estimate of drug-likeness (QED) is 0.869. The Balaban J connectivity index is 1.81. The third kappa shape index (κ3) is 3.83. The van der Waals surface area contributed by atoms with Crippen molar-refractivity contribution >= 4 is 0 Å². The summed E-state index contributed by atoms with van der Waals surface area (Å²) in [6.45, 7) is 11.1. The Morgan fingerprint density at radius 2 is 2.28 bits per heavy atom. The van der Waals surface area contributed by atoms with E-state index in [2.05, 4.69) is 24.1 Å². The topological polar surface area (TPSA) is 37.6 Å². The highest BCUT2D eigenvalue weighted by Crippen LogP contribution is 2.23. The molecule has 18 heavy (non-hydrogen) atoms. The van der Waals surface area contributed by atoms with E-state index in [4.69, 9.17) is 9.15 Å². The van der Waals surface area contributed by atoms with Gasteiger partial charge in [-0.25, -0.2) is 0 Å². The standard InChI is InChI=1S/C14H24N2O2/c1-11(2)15-6-7-16-8-9-17-14(10-16)13-5-4-12(3)18-13/h4-5,11,14-15H,6-10H2,1-3H3/t14-/m0/s1. The predicted molar refractivity (Wildman–Crippen MR) is 71.7 cm³/mol. The van der Waals surface area contributed by atoms with Crippen LogP contribution in [0.2, 0.25) is 0 Å². The number of hydrogen-bond acceptors (Lipinski definition) is 4. The Labute approximate surface area is 109 Å². The normalized spacial score (nSPS) is 21.7. The van der Waals surface area contributed by atoms with Crippen LogP contribution in [0.4, 0.5) is 0 Å². The van der Waals surface area contributed by atoms with Gasteiger partial charge in [-0.1, -0.05) is 13.8 Å². The molecule has 0 amide bonds. The summed E-state index contributed by atoms with van der Waals surface area (Å²) in [6.07, 6.45) is 0.0894. The van der Waals surface area contributed by atoms with Crippen molar-refractivity contribution < 1.29 is 9.15 Å². The number of nitrogens with one attached hydrogen (secondary N) is 1. The summed E-state index contributed by atoms with van der Waals surface area (Å²) >= 11 is 0. The summed E-state index contributed by atoms with van der Waals surface area (Å²) in [5.41, 5.74) is 0. The second kappa shape index (κ2) is 6.36. The molecule has 1 atom stereocenters. The molecule has 1 saturated heterocycles. The van der Waals surface area contributed by atoms with Crippen LogP contribution in [-0.4, -0.2) is 43.7 Å². The molecule has 102 valence electrons. The van der Waals surface area contributed by atoms with Crippen molar-refractivity contribution in [3.63, 3.8) is 0 Å². The van der Waals surface area contributed by atoms with Gasteiger partial charge in [-0.3, -0.25) is 4.90 Å². The number of morpholine rings is 1. The highest BCUT2D eigenvalue weighted by molar-refractivity contribution is 5.09. The van der Waals surface area contributed by atoms with Crippen LogP contribution in [0.1, 0.15) is 31.5 Å². The fourth-order valence-corrected chi connectivity index (χ4v) is 2.22. The van der Waals surface area contributed by atoms with Crippen LogP contribution < -0.4 is 5.32 Å². The summed E-state index contributed by atoms with van der Waals surface area (Å²) in [4.78, 5) is 2.43. The van der Waals surface area contributed by atoms with Gasteiger partial charge in [-0.15, -0.1) is 0 Å². The average molecular weight is 252 g/mol. The third-order valence-corrected chi connectivity index (χ3v) is 3.21. The van der Waals surface area contributed by atoms with Crippen LogP contribution in [0.15, 0.2) is 16.5 Å². The molecule has 0 aromatic carbocycles. The summed E-state index contributed by atoms with van der Waals surface area (Å²) in [5, 5.41) is 3.45. The van der Waals surface area contributed by atoms with E-state index in [1.165, 1.54) is 0 Å². The van der Waals surface area contributed by atoms with E-state index >= 15 is 0 Å². The van der Waals surface area contributed by atoms with Gasteiger partial charge in [0.1, 0.15) is 17.6 Å². The molecule has 2 rings (SSSR count). The van der Waals surface area contributed by atoms with Crippen LogP contribution in [0.5, 0.6) is 0 Å². The van der Waals surface area contributed by atoms with Gasteiger partial charge >= 0.3 is 0 Å².